The second-order valence-electron chi connectivity index (χ2n) is 3.35. The van der Waals surface area contributed by atoms with Gasteiger partial charge in [0.2, 0.25) is 0 Å². The number of nitrogens with zero attached hydrogens (tertiary/aromatic N) is 1. The monoisotopic (exact) mass is 151 g/mol. The van der Waals surface area contributed by atoms with Crippen LogP contribution in [0.2, 0.25) is 0 Å². The minimum atomic E-state index is 0.671. The highest BCUT2D eigenvalue weighted by Gasteiger charge is 2.10. The van der Waals surface area contributed by atoms with Gasteiger partial charge in [0.05, 0.1) is 0 Å². The molecule has 1 atom stereocenters. The first-order valence-corrected chi connectivity index (χ1v) is 4.38. The van der Waals surface area contributed by atoms with Gasteiger partial charge in [0.1, 0.15) is 0 Å². The molecule has 0 saturated carbocycles. The van der Waals surface area contributed by atoms with Crippen LogP contribution in [0, 0.1) is 5.92 Å². The summed E-state index contributed by atoms with van der Waals surface area (Å²) < 4.78 is 2.30. The Hall–Kier alpha value is -0.720. The first-order chi connectivity index (χ1) is 5.25. The maximum absolute atomic E-state index is 2.30. The van der Waals surface area contributed by atoms with Crippen LogP contribution in [0.25, 0.3) is 0 Å². The first-order valence-electron chi connectivity index (χ1n) is 4.38. The SMILES string of the molecule is CCC(C(C)C)n1cccc1. The lowest BCUT2D eigenvalue weighted by Crippen LogP contribution is -2.12. The van der Waals surface area contributed by atoms with Crippen molar-refractivity contribution in [1.29, 1.82) is 0 Å². The van der Waals surface area contributed by atoms with Gasteiger partial charge in [-0.3, -0.25) is 0 Å². The van der Waals surface area contributed by atoms with Crippen molar-refractivity contribution >= 4 is 0 Å². The van der Waals surface area contributed by atoms with E-state index in [4.69, 9.17) is 0 Å². The molecule has 0 spiro atoms. The van der Waals surface area contributed by atoms with E-state index in [1.165, 1.54) is 6.42 Å². The van der Waals surface area contributed by atoms with Crippen molar-refractivity contribution in [2.75, 3.05) is 0 Å². The van der Waals surface area contributed by atoms with E-state index in [9.17, 15) is 0 Å². The summed E-state index contributed by atoms with van der Waals surface area (Å²) in [5, 5.41) is 0. The van der Waals surface area contributed by atoms with Gasteiger partial charge in [-0.2, -0.15) is 0 Å². The van der Waals surface area contributed by atoms with Gasteiger partial charge in [0.15, 0.2) is 0 Å². The normalized spacial score (nSPS) is 13.8. The van der Waals surface area contributed by atoms with Crippen LogP contribution < -0.4 is 0 Å². The zero-order valence-electron chi connectivity index (χ0n) is 7.62. The highest BCUT2D eigenvalue weighted by Crippen LogP contribution is 2.20. The van der Waals surface area contributed by atoms with Crippen LogP contribution in [-0.2, 0) is 0 Å². The van der Waals surface area contributed by atoms with Gasteiger partial charge in [0.25, 0.3) is 0 Å². The molecular weight excluding hydrogens is 134 g/mol. The molecule has 0 aliphatic rings. The molecule has 0 saturated heterocycles. The standard InChI is InChI=1S/C10H17N/c1-4-10(9(2)3)11-7-5-6-8-11/h5-10H,4H2,1-3H3. The zero-order chi connectivity index (χ0) is 8.27. The van der Waals surface area contributed by atoms with Crippen molar-refractivity contribution < 1.29 is 0 Å². The Morgan fingerprint density at radius 2 is 1.73 bits per heavy atom. The molecule has 0 aromatic carbocycles. The van der Waals surface area contributed by atoms with Crippen LogP contribution >= 0.6 is 0 Å². The van der Waals surface area contributed by atoms with Gasteiger partial charge in [-0.1, -0.05) is 20.8 Å². The molecule has 11 heavy (non-hydrogen) atoms. The molecule has 1 heteroatoms. The number of hydrogen-bond acceptors (Lipinski definition) is 0. The fraction of sp³-hybridized carbons (Fsp3) is 0.600. The lowest BCUT2D eigenvalue weighted by Gasteiger charge is -2.20. The molecular formula is C10H17N. The molecule has 1 heterocycles. The van der Waals surface area contributed by atoms with E-state index in [1.807, 2.05) is 0 Å². The van der Waals surface area contributed by atoms with Crippen molar-refractivity contribution in [3.8, 4) is 0 Å². The summed E-state index contributed by atoms with van der Waals surface area (Å²) >= 11 is 0. The van der Waals surface area contributed by atoms with E-state index in [-0.39, 0.29) is 0 Å². The molecule has 0 radical (unpaired) electrons. The summed E-state index contributed by atoms with van der Waals surface area (Å²) in [4.78, 5) is 0. The molecule has 1 nitrogen and oxygen atoms in total. The molecule has 1 unspecified atom stereocenters. The highest BCUT2D eigenvalue weighted by atomic mass is 15.0. The average Bonchev–Trinajstić information content (AvgIpc) is 2.40. The van der Waals surface area contributed by atoms with Crippen molar-refractivity contribution in [3.05, 3.63) is 24.5 Å². The number of aromatic nitrogens is 1. The Labute approximate surface area is 69.0 Å². The second-order valence-corrected chi connectivity index (χ2v) is 3.35. The maximum Gasteiger partial charge on any atom is 0.0350 e. The minimum absolute atomic E-state index is 0.671. The van der Waals surface area contributed by atoms with Gasteiger partial charge in [-0.15, -0.1) is 0 Å². The predicted molar refractivity (Wildman–Crippen MR) is 48.6 cm³/mol. The second kappa shape index (κ2) is 3.61. The Kier molecular flexibility index (Phi) is 2.75. The van der Waals surface area contributed by atoms with Crippen molar-refractivity contribution in [2.45, 2.75) is 33.2 Å². The van der Waals surface area contributed by atoms with Gasteiger partial charge >= 0.3 is 0 Å². The molecule has 0 aliphatic carbocycles. The maximum atomic E-state index is 2.30. The predicted octanol–water partition coefficient (Wildman–Crippen LogP) is 3.10. The quantitative estimate of drug-likeness (QED) is 0.625. The number of rotatable bonds is 3. The van der Waals surface area contributed by atoms with Crippen molar-refractivity contribution in [1.82, 2.24) is 4.57 Å². The van der Waals surface area contributed by atoms with Crippen LogP contribution in [0.3, 0.4) is 0 Å². The summed E-state index contributed by atoms with van der Waals surface area (Å²) in [7, 11) is 0. The lowest BCUT2D eigenvalue weighted by atomic mass is 10.0. The van der Waals surface area contributed by atoms with Crippen LogP contribution in [0.1, 0.15) is 33.2 Å². The van der Waals surface area contributed by atoms with Crippen LogP contribution in [0.4, 0.5) is 0 Å². The molecule has 0 N–H and O–H groups in total. The first kappa shape index (κ1) is 8.38. The summed E-state index contributed by atoms with van der Waals surface area (Å²) in [6.45, 7) is 6.78. The molecule has 0 amide bonds. The van der Waals surface area contributed by atoms with Crippen LogP contribution in [0.15, 0.2) is 24.5 Å². The van der Waals surface area contributed by atoms with E-state index < -0.39 is 0 Å². The molecule has 0 fully saturated rings. The number of hydrogen-bond donors (Lipinski definition) is 0. The summed E-state index contributed by atoms with van der Waals surface area (Å²) in [5.74, 6) is 0.729. The largest absolute Gasteiger partial charge is 0.351 e. The van der Waals surface area contributed by atoms with Crippen LogP contribution in [-0.4, -0.2) is 4.57 Å². The van der Waals surface area contributed by atoms with E-state index in [0.717, 1.165) is 5.92 Å². The smallest absolute Gasteiger partial charge is 0.0350 e. The third kappa shape index (κ3) is 1.86. The Bertz CT molecular complexity index is 187. The average molecular weight is 151 g/mol. The van der Waals surface area contributed by atoms with E-state index in [1.54, 1.807) is 0 Å². The third-order valence-electron chi connectivity index (χ3n) is 2.20. The third-order valence-corrected chi connectivity index (χ3v) is 2.20. The van der Waals surface area contributed by atoms with Crippen LogP contribution in [0.5, 0.6) is 0 Å². The molecule has 1 rings (SSSR count). The topological polar surface area (TPSA) is 4.93 Å². The fourth-order valence-corrected chi connectivity index (χ4v) is 1.60. The molecule has 1 aromatic rings. The lowest BCUT2D eigenvalue weighted by molar-refractivity contribution is 0.367. The molecule has 0 bridgehead atoms. The van der Waals surface area contributed by atoms with Crippen molar-refractivity contribution in [3.63, 3.8) is 0 Å². The van der Waals surface area contributed by atoms with E-state index in [0.29, 0.717) is 6.04 Å². The van der Waals surface area contributed by atoms with Crippen molar-refractivity contribution in [2.24, 2.45) is 5.92 Å². The Morgan fingerprint density at radius 3 is 2.09 bits per heavy atom. The van der Waals surface area contributed by atoms with Gasteiger partial charge in [-0.05, 0) is 24.5 Å². The zero-order valence-corrected chi connectivity index (χ0v) is 7.62. The molecule has 0 aliphatic heterocycles. The minimum Gasteiger partial charge on any atom is -0.351 e. The Morgan fingerprint density at radius 1 is 1.18 bits per heavy atom. The molecule has 1 aromatic heterocycles. The summed E-state index contributed by atoms with van der Waals surface area (Å²) in [6, 6.07) is 4.85. The van der Waals surface area contributed by atoms with Gasteiger partial charge in [-0.25, -0.2) is 0 Å². The van der Waals surface area contributed by atoms with Gasteiger partial charge in [0, 0.05) is 18.4 Å². The molecule has 62 valence electrons. The fourth-order valence-electron chi connectivity index (χ4n) is 1.60. The highest BCUT2D eigenvalue weighted by molar-refractivity contribution is 4.93. The van der Waals surface area contributed by atoms with E-state index >= 15 is 0 Å². The Balaban J connectivity index is 2.71. The summed E-state index contributed by atoms with van der Waals surface area (Å²) in [6.07, 6.45) is 5.51. The summed E-state index contributed by atoms with van der Waals surface area (Å²) in [5.41, 5.74) is 0. The van der Waals surface area contributed by atoms with Gasteiger partial charge < -0.3 is 4.57 Å². The van der Waals surface area contributed by atoms with E-state index in [2.05, 4.69) is 49.9 Å².